The maximum Gasteiger partial charge on any atom is 0.234 e. The molecule has 8 heteroatoms. The van der Waals surface area contributed by atoms with Crippen LogP contribution in [0.1, 0.15) is 23.9 Å². The Morgan fingerprint density at radius 1 is 0.943 bits per heavy atom. The minimum absolute atomic E-state index is 0.113. The van der Waals surface area contributed by atoms with Crippen molar-refractivity contribution in [3.05, 3.63) is 89.7 Å². The Kier molecular flexibility index (Phi) is 8.05. The van der Waals surface area contributed by atoms with Gasteiger partial charge in [0.05, 0.1) is 24.6 Å². The SMILES string of the molecule is CCOc1ccc(NC(=O)CSc2nnc(CNc3ccc(C)cc3)n2-c2ccccc2C)cc1. The lowest BCUT2D eigenvalue weighted by Crippen LogP contribution is -2.15. The summed E-state index contributed by atoms with van der Waals surface area (Å²) in [5.41, 5.74) is 5.04. The second kappa shape index (κ2) is 11.6. The van der Waals surface area contributed by atoms with Crippen LogP contribution in [0.15, 0.2) is 78.0 Å². The van der Waals surface area contributed by atoms with Gasteiger partial charge in [-0.2, -0.15) is 0 Å². The molecule has 35 heavy (non-hydrogen) atoms. The van der Waals surface area contributed by atoms with Gasteiger partial charge in [-0.3, -0.25) is 9.36 Å². The van der Waals surface area contributed by atoms with Crippen molar-refractivity contribution in [3.63, 3.8) is 0 Å². The molecule has 2 N–H and O–H groups in total. The van der Waals surface area contributed by atoms with Gasteiger partial charge in [0.25, 0.3) is 0 Å². The number of anilines is 2. The van der Waals surface area contributed by atoms with Crippen molar-refractivity contribution in [2.45, 2.75) is 32.5 Å². The smallest absolute Gasteiger partial charge is 0.234 e. The van der Waals surface area contributed by atoms with Crippen molar-refractivity contribution in [2.24, 2.45) is 0 Å². The Hall–Kier alpha value is -3.78. The fourth-order valence-electron chi connectivity index (χ4n) is 3.55. The molecule has 0 saturated heterocycles. The Labute approximate surface area is 209 Å². The number of rotatable bonds is 10. The molecule has 0 aliphatic carbocycles. The highest BCUT2D eigenvalue weighted by Gasteiger charge is 2.17. The number of carbonyl (C=O) groups is 1. The quantitative estimate of drug-likeness (QED) is 0.282. The van der Waals surface area contributed by atoms with Gasteiger partial charge in [0, 0.05) is 11.4 Å². The molecule has 3 aromatic carbocycles. The second-order valence-corrected chi connectivity index (χ2v) is 8.98. The number of aryl methyl sites for hydroxylation is 2. The normalized spacial score (nSPS) is 10.7. The fraction of sp³-hybridized carbons (Fsp3) is 0.222. The van der Waals surface area contributed by atoms with Gasteiger partial charge < -0.3 is 15.4 Å². The molecule has 4 aromatic rings. The largest absolute Gasteiger partial charge is 0.494 e. The lowest BCUT2D eigenvalue weighted by atomic mass is 10.2. The van der Waals surface area contributed by atoms with Crippen molar-refractivity contribution in [2.75, 3.05) is 23.0 Å². The summed E-state index contributed by atoms with van der Waals surface area (Å²) >= 11 is 1.36. The number of carbonyl (C=O) groups excluding carboxylic acids is 1. The monoisotopic (exact) mass is 487 g/mol. The van der Waals surface area contributed by atoms with E-state index in [4.69, 9.17) is 4.74 Å². The first-order valence-corrected chi connectivity index (χ1v) is 12.5. The average molecular weight is 488 g/mol. The van der Waals surface area contributed by atoms with E-state index < -0.39 is 0 Å². The first-order valence-electron chi connectivity index (χ1n) is 11.5. The number of ether oxygens (including phenoxy) is 1. The lowest BCUT2D eigenvalue weighted by Gasteiger charge is -2.14. The van der Waals surface area contributed by atoms with E-state index in [2.05, 4.69) is 52.9 Å². The molecule has 1 aromatic heterocycles. The molecule has 0 unspecified atom stereocenters. The van der Waals surface area contributed by atoms with E-state index in [9.17, 15) is 4.79 Å². The Morgan fingerprint density at radius 3 is 2.37 bits per heavy atom. The highest BCUT2D eigenvalue weighted by Crippen LogP contribution is 2.25. The molecule has 1 heterocycles. The molecule has 4 rings (SSSR count). The number of nitrogens with zero attached hydrogens (tertiary/aromatic N) is 3. The number of para-hydroxylation sites is 1. The van der Waals surface area contributed by atoms with Crippen molar-refractivity contribution < 1.29 is 9.53 Å². The van der Waals surface area contributed by atoms with Gasteiger partial charge in [0.15, 0.2) is 11.0 Å². The van der Waals surface area contributed by atoms with Crippen molar-refractivity contribution in [1.29, 1.82) is 0 Å². The zero-order valence-electron chi connectivity index (χ0n) is 20.1. The van der Waals surface area contributed by atoms with Gasteiger partial charge >= 0.3 is 0 Å². The number of nitrogens with one attached hydrogen (secondary N) is 2. The number of thioether (sulfide) groups is 1. The summed E-state index contributed by atoms with van der Waals surface area (Å²) in [5, 5.41) is 15.9. The summed E-state index contributed by atoms with van der Waals surface area (Å²) < 4.78 is 7.47. The van der Waals surface area contributed by atoms with Gasteiger partial charge in [-0.1, -0.05) is 47.7 Å². The predicted octanol–water partition coefficient (Wildman–Crippen LogP) is 5.63. The van der Waals surface area contributed by atoms with Crippen LogP contribution in [0.3, 0.4) is 0 Å². The summed E-state index contributed by atoms with van der Waals surface area (Å²) in [6, 6.07) is 23.7. The van der Waals surface area contributed by atoms with Gasteiger partial charge in [-0.25, -0.2) is 0 Å². The molecule has 0 saturated carbocycles. The van der Waals surface area contributed by atoms with Crippen molar-refractivity contribution in [3.8, 4) is 11.4 Å². The molecule has 1 amide bonds. The molecule has 0 fully saturated rings. The van der Waals surface area contributed by atoms with Crippen molar-refractivity contribution in [1.82, 2.24) is 14.8 Å². The van der Waals surface area contributed by atoms with Gasteiger partial charge in [0.2, 0.25) is 5.91 Å². The molecule has 0 atom stereocenters. The van der Waals surface area contributed by atoms with E-state index in [1.54, 1.807) is 0 Å². The molecule has 7 nitrogen and oxygen atoms in total. The summed E-state index contributed by atoms with van der Waals surface area (Å²) in [6.45, 7) is 7.16. The molecule has 180 valence electrons. The molecule has 0 bridgehead atoms. The number of benzene rings is 3. The molecule has 0 aliphatic rings. The number of hydrogen-bond acceptors (Lipinski definition) is 6. The zero-order chi connectivity index (χ0) is 24.6. The standard InChI is InChI=1S/C27H29N5O2S/c1-4-34-23-15-13-22(14-16-23)29-26(33)18-35-27-31-30-25(17-28-21-11-9-19(2)10-12-21)32(27)24-8-6-5-7-20(24)3/h5-16,28H,4,17-18H2,1-3H3,(H,29,33). The van der Waals surface area contributed by atoms with Crippen LogP contribution >= 0.6 is 11.8 Å². The van der Waals surface area contributed by atoms with E-state index in [1.807, 2.05) is 66.1 Å². The van der Waals surface area contributed by atoms with Crippen LogP contribution in [0.4, 0.5) is 11.4 Å². The Bertz CT molecular complexity index is 1270. The number of aromatic nitrogens is 3. The van der Waals surface area contributed by atoms with E-state index in [0.29, 0.717) is 18.3 Å². The minimum atomic E-state index is -0.113. The third-order valence-corrected chi connectivity index (χ3v) is 6.27. The third kappa shape index (κ3) is 6.42. The molecule has 0 spiro atoms. The van der Waals surface area contributed by atoms with E-state index in [-0.39, 0.29) is 11.7 Å². The minimum Gasteiger partial charge on any atom is -0.494 e. The first-order chi connectivity index (χ1) is 17.0. The average Bonchev–Trinajstić information content (AvgIpc) is 3.26. The number of hydrogen-bond donors (Lipinski definition) is 2. The van der Waals surface area contributed by atoms with Crippen LogP contribution in [0.2, 0.25) is 0 Å². The Morgan fingerprint density at radius 2 is 1.66 bits per heavy atom. The van der Waals surface area contributed by atoms with Gasteiger partial charge in [0.1, 0.15) is 5.75 Å². The van der Waals surface area contributed by atoms with Gasteiger partial charge in [-0.15, -0.1) is 10.2 Å². The summed E-state index contributed by atoms with van der Waals surface area (Å²) in [6.07, 6.45) is 0. The van der Waals surface area contributed by atoms with E-state index in [0.717, 1.165) is 34.2 Å². The van der Waals surface area contributed by atoms with Gasteiger partial charge in [-0.05, 0) is 68.8 Å². The predicted molar refractivity (Wildman–Crippen MR) is 142 cm³/mol. The Balaban J connectivity index is 1.48. The van der Waals surface area contributed by atoms with Crippen molar-refractivity contribution >= 4 is 29.0 Å². The summed E-state index contributed by atoms with van der Waals surface area (Å²) in [5.74, 6) is 1.65. The fourth-order valence-corrected chi connectivity index (χ4v) is 4.31. The van der Waals surface area contributed by atoms with E-state index >= 15 is 0 Å². The first kappa shape index (κ1) is 24.3. The third-order valence-electron chi connectivity index (χ3n) is 5.34. The summed E-state index contributed by atoms with van der Waals surface area (Å²) in [4.78, 5) is 12.6. The molecular weight excluding hydrogens is 458 g/mol. The molecule has 0 radical (unpaired) electrons. The van der Waals surface area contributed by atoms with Crippen LogP contribution in [0, 0.1) is 13.8 Å². The molecular formula is C27H29N5O2S. The highest BCUT2D eigenvalue weighted by atomic mass is 32.2. The van der Waals surface area contributed by atoms with E-state index in [1.165, 1.54) is 17.3 Å². The van der Waals surface area contributed by atoms with Crippen LogP contribution < -0.4 is 15.4 Å². The second-order valence-electron chi connectivity index (χ2n) is 8.03. The highest BCUT2D eigenvalue weighted by molar-refractivity contribution is 7.99. The molecule has 0 aliphatic heterocycles. The maximum atomic E-state index is 12.6. The van der Waals surface area contributed by atoms with Crippen LogP contribution in [-0.4, -0.2) is 33.0 Å². The van der Waals surface area contributed by atoms with Crippen LogP contribution in [-0.2, 0) is 11.3 Å². The maximum absolute atomic E-state index is 12.6. The van der Waals surface area contributed by atoms with Crippen LogP contribution in [0.25, 0.3) is 5.69 Å². The lowest BCUT2D eigenvalue weighted by molar-refractivity contribution is -0.113. The topological polar surface area (TPSA) is 81.1 Å². The zero-order valence-corrected chi connectivity index (χ0v) is 20.9. The summed E-state index contributed by atoms with van der Waals surface area (Å²) in [7, 11) is 0. The van der Waals surface area contributed by atoms with Crippen LogP contribution in [0.5, 0.6) is 5.75 Å². The number of amides is 1.